The molecule has 0 atom stereocenters. The van der Waals surface area contributed by atoms with Gasteiger partial charge in [0.05, 0.1) is 0 Å². The quantitative estimate of drug-likeness (QED) is 0.457. The topological polar surface area (TPSA) is 92.7 Å². The molecule has 0 aromatic carbocycles. The van der Waals surface area contributed by atoms with E-state index in [1.54, 1.807) is 0 Å². The Labute approximate surface area is 68.5 Å². The van der Waals surface area contributed by atoms with Crippen molar-refractivity contribution in [2.24, 2.45) is 0 Å². The van der Waals surface area contributed by atoms with E-state index in [9.17, 15) is 13.2 Å². The Balaban J connectivity index is 3.51. The van der Waals surface area contributed by atoms with Crippen LogP contribution in [0.25, 0.3) is 0 Å². The van der Waals surface area contributed by atoms with Crippen LogP contribution in [-0.2, 0) is 18.8 Å². The highest BCUT2D eigenvalue weighted by Crippen LogP contribution is 2.05. The summed E-state index contributed by atoms with van der Waals surface area (Å²) in [5.41, 5.74) is 0. The molecule has 0 aliphatic heterocycles. The lowest BCUT2D eigenvalue weighted by molar-refractivity contribution is -0.118. The molecule has 0 unspecified atom stereocenters. The van der Waals surface area contributed by atoms with Gasteiger partial charge in [-0.3, -0.25) is 9.35 Å². The van der Waals surface area contributed by atoms with Crippen molar-refractivity contribution in [2.45, 2.75) is 0 Å². The summed E-state index contributed by atoms with van der Waals surface area (Å²) in [4.78, 5) is 10.4. The number of amides is 1. The number of carbonyl (C=O) groups excluding carboxylic acids is 1. The van der Waals surface area contributed by atoms with Crippen LogP contribution < -0.4 is 5.32 Å². The fourth-order valence-electron chi connectivity index (χ4n) is 0.211. The Kier molecular flexibility index (Phi) is 4.42. The van der Waals surface area contributed by atoms with E-state index in [1.807, 2.05) is 0 Å². The van der Waals surface area contributed by atoms with Gasteiger partial charge < -0.3 is 5.32 Å². The second kappa shape index (κ2) is 4.54. The Morgan fingerprint density at radius 1 is 1.73 bits per heavy atom. The maximum absolute atomic E-state index is 10.4. The van der Waals surface area contributed by atoms with Crippen molar-refractivity contribution < 1.29 is 21.4 Å². The maximum Gasteiger partial charge on any atom is 0.408 e. The summed E-state index contributed by atoms with van der Waals surface area (Å²) in [6.07, 6.45) is 0. The highest BCUT2D eigenvalue weighted by atomic mass is 32.3. The van der Waals surface area contributed by atoms with Gasteiger partial charge in [-0.1, -0.05) is 0 Å². The van der Waals surface area contributed by atoms with Crippen molar-refractivity contribution in [1.82, 2.24) is 5.32 Å². The first kappa shape index (κ1) is 10.7. The summed E-state index contributed by atoms with van der Waals surface area (Å²) in [5, 5.41) is 2.23. The zero-order chi connectivity index (χ0) is 8.91. The third kappa shape index (κ3) is 7.59. The molecule has 8 heteroatoms. The molecule has 0 saturated heterocycles. The average Bonchev–Trinajstić information content (AvgIpc) is 1.85. The summed E-state index contributed by atoms with van der Waals surface area (Å²) < 4.78 is 31.5. The first-order valence-electron chi connectivity index (χ1n) is 2.45. The van der Waals surface area contributed by atoms with Gasteiger partial charge in [-0.2, -0.15) is 12.0 Å². The van der Waals surface area contributed by atoms with Gasteiger partial charge in [0.15, 0.2) is 0 Å². The predicted molar refractivity (Wildman–Crippen MR) is 39.2 cm³/mol. The van der Waals surface area contributed by atoms with Crippen LogP contribution in [0.1, 0.15) is 0 Å². The van der Waals surface area contributed by atoms with E-state index < -0.39 is 16.3 Å². The minimum absolute atomic E-state index is 0.184. The highest BCUT2D eigenvalue weighted by molar-refractivity contribution is 8.03. The zero-order valence-corrected chi connectivity index (χ0v) is 7.24. The Bertz CT molecular complexity index is 222. The monoisotopic (exact) mass is 201 g/mol. The molecule has 0 aliphatic rings. The van der Waals surface area contributed by atoms with E-state index in [4.69, 9.17) is 4.55 Å². The number of hydrogen-bond acceptors (Lipinski definition) is 5. The summed E-state index contributed by atoms with van der Waals surface area (Å²) in [5.74, 6) is -0.574. The number of hydrogen-bond donors (Lipinski definition) is 2. The molecule has 0 spiro atoms. The summed E-state index contributed by atoms with van der Waals surface area (Å²) in [6.45, 7) is 0. The summed E-state index contributed by atoms with van der Waals surface area (Å²) in [7, 11) is -3.05. The largest absolute Gasteiger partial charge is 0.408 e. The van der Waals surface area contributed by atoms with Crippen LogP contribution in [0.2, 0.25) is 0 Å². The van der Waals surface area contributed by atoms with Crippen LogP contribution in [0, 0.1) is 0 Å². The Morgan fingerprint density at radius 3 is 2.64 bits per heavy atom. The molecule has 0 aliphatic carbocycles. The fourth-order valence-corrected chi connectivity index (χ4v) is 1.14. The molecule has 0 bridgehead atoms. The molecule has 11 heavy (non-hydrogen) atoms. The molecular formula is C3H7NO5S2. The standard InChI is InChI=1S/C3H7NO5S2/c1-4-3(5)2-10-9-11(6,7)8/h2H2,1H3,(H,4,5)(H,6,7,8). The Morgan fingerprint density at radius 2 is 2.27 bits per heavy atom. The van der Waals surface area contributed by atoms with Crippen molar-refractivity contribution >= 4 is 28.3 Å². The van der Waals surface area contributed by atoms with Crippen LogP contribution in [-0.4, -0.2) is 31.7 Å². The van der Waals surface area contributed by atoms with Crippen LogP contribution >= 0.6 is 12.0 Å². The molecule has 6 nitrogen and oxygen atoms in total. The molecule has 0 aromatic heterocycles. The molecular weight excluding hydrogens is 194 g/mol. The van der Waals surface area contributed by atoms with Gasteiger partial charge in [0.1, 0.15) is 5.75 Å². The van der Waals surface area contributed by atoms with Crippen LogP contribution in [0.5, 0.6) is 0 Å². The normalized spacial score (nSPS) is 11.1. The van der Waals surface area contributed by atoms with Gasteiger partial charge in [-0.05, 0) is 0 Å². The van der Waals surface area contributed by atoms with E-state index >= 15 is 0 Å². The Hall–Kier alpha value is -0.310. The first-order valence-corrected chi connectivity index (χ1v) is 4.72. The maximum atomic E-state index is 10.4. The first-order chi connectivity index (χ1) is 4.95. The van der Waals surface area contributed by atoms with Crippen molar-refractivity contribution in [3.05, 3.63) is 0 Å². The average molecular weight is 201 g/mol. The van der Waals surface area contributed by atoms with Gasteiger partial charge in [-0.25, -0.2) is 0 Å². The molecule has 0 fully saturated rings. The summed E-state index contributed by atoms with van der Waals surface area (Å²) in [6, 6.07) is 0. The lowest BCUT2D eigenvalue weighted by Crippen LogP contribution is -2.20. The molecule has 0 aromatic rings. The van der Waals surface area contributed by atoms with Crippen LogP contribution in [0.15, 0.2) is 0 Å². The van der Waals surface area contributed by atoms with Crippen molar-refractivity contribution in [3.63, 3.8) is 0 Å². The zero-order valence-electron chi connectivity index (χ0n) is 5.60. The predicted octanol–water partition coefficient (Wildman–Crippen LogP) is -0.800. The SMILES string of the molecule is CNC(=O)CSOS(=O)(=O)O. The van der Waals surface area contributed by atoms with Gasteiger partial charge in [0.25, 0.3) is 0 Å². The second-order valence-electron chi connectivity index (χ2n) is 1.43. The molecule has 0 heterocycles. The van der Waals surface area contributed by atoms with Gasteiger partial charge >= 0.3 is 10.4 Å². The second-order valence-corrected chi connectivity index (χ2v) is 3.36. The van der Waals surface area contributed by atoms with E-state index in [0.717, 1.165) is 0 Å². The molecule has 0 rings (SSSR count). The van der Waals surface area contributed by atoms with Gasteiger partial charge in [0, 0.05) is 19.1 Å². The van der Waals surface area contributed by atoms with Gasteiger partial charge in [-0.15, -0.1) is 0 Å². The smallest absolute Gasteiger partial charge is 0.358 e. The van der Waals surface area contributed by atoms with Crippen LogP contribution in [0.4, 0.5) is 0 Å². The third-order valence-electron chi connectivity index (χ3n) is 0.603. The summed E-state index contributed by atoms with van der Waals surface area (Å²) >= 11 is 0.343. The number of carbonyl (C=O) groups is 1. The third-order valence-corrected chi connectivity index (χ3v) is 2.06. The van der Waals surface area contributed by atoms with E-state index in [-0.39, 0.29) is 5.75 Å². The minimum Gasteiger partial charge on any atom is -0.358 e. The lowest BCUT2D eigenvalue weighted by atomic mass is 10.7. The lowest BCUT2D eigenvalue weighted by Gasteiger charge is -1.96. The molecule has 1 amide bonds. The van der Waals surface area contributed by atoms with Gasteiger partial charge in [0.2, 0.25) is 5.91 Å². The molecule has 0 saturated carbocycles. The van der Waals surface area contributed by atoms with E-state index in [1.165, 1.54) is 7.05 Å². The molecule has 2 N–H and O–H groups in total. The highest BCUT2D eigenvalue weighted by Gasteiger charge is 2.06. The van der Waals surface area contributed by atoms with E-state index in [2.05, 4.69) is 8.95 Å². The van der Waals surface area contributed by atoms with E-state index in [0.29, 0.717) is 12.0 Å². The van der Waals surface area contributed by atoms with Crippen LogP contribution in [0.3, 0.4) is 0 Å². The number of nitrogens with one attached hydrogen (secondary N) is 1. The minimum atomic E-state index is -4.45. The number of rotatable bonds is 4. The van der Waals surface area contributed by atoms with Crippen molar-refractivity contribution in [1.29, 1.82) is 0 Å². The molecule has 66 valence electrons. The fraction of sp³-hybridized carbons (Fsp3) is 0.667. The van der Waals surface area contributed by atoms with Crippen molar-refractivity contribution in [2.75, 3.05) is 12.8 Å². The molecule has 0 radical (unpaired) electrons. The van der Waals surface area contributed by atoms with Crippen molar-refractivity contribution in [3.8, 4) is 0 Å².